The molecule has 1 aliphatic heterocycles. The quantitative estimate of drug-likeness (QED) is 0.643. The molecule has 0 saturated carbocycles. The van der Waals surface area contributed by atoms with E-state index in [0.717, 1.165) is 32.1 Å². The molecule has 0 atom stereocenters. The molecule has 6 nitrogen and oxygen atoms in total. The number of fused-ring (bicyclic) bond motifs is 1. The predicted octanol–water partition coefficient (Wildman–Crippen LogP) is 2.59. The van der Waals surface area contributed by atoms with Crippen LogP contribution in [0, 0.1) is 5.82 Å². The van der Waals surface area contributed by atoms with Crippen molar-refractivity contribution in [2.24, 2.45) is 0 Å². The molecule has 0 spiro atoms. The van der Waals surface area contributed by atoms with E-state index >= 15 is 0 Å². The Bertz CT molecular complexity index is 1050. The molecule has 29 heavy (non-hydrogen) atoms. The Kier molecular flexibility index (Phi) is 5.67. The molecule has 0 saturated heterocycles. The summed E-state index contributed by atoms with van der Waals surface area (Å²) in [6.07, 6.45) is 4.48. The van der Waals surface area contributed by atoms with Crippen molar-refractivity contribution in [3.8, 4) is 5.75 Å². The standard InChI is InChI=1S/C22H23FN4O2/c1-26-8-7-17-3-2-16(10-18(17)14-26)6-9-27-22(28)11-21(13-25-27)29-15-20-5-4-19(23)12-24-20/h2-5,10-13H,6-9,14-15H2,1H3. The molecule has 1 aromatic carbocycles. The molecule has 0 aliphatic carbocycles. The van der Waals surface area contributed by atoms with Gasteiger partial charge in [-0.05, 0) is 48.7 Å². The first-order valence-corrected chi connectivity index (χ1v) is 9.66. The van der Waals surface area contributed by atoms with Gasteiger partial charge in [-0.25, -0.2) is 9.07 Å². The maximum Gasteiger partial charge on any atom is 0.270 e. The molecule has 2 aromatic heterocycles. The highest BCUT2D eigenvalue weighted by atomic mass is 19.1. The molecule has 3 heterocycles. The third kappa shape index (κ3) is 4.86. The second-order valence-corrected chi connectivity index (χ2v) is 7.35. The fraction of sp³-hybridized carbons (Fsp3) is 0.318. The number of hydrogen-bond donors (Lipinski definition) is 0. The van der Waals surface area contributed by atoms with Gasteiger partial charge < -0.3 is 9.64 Å². The van der Waals surface area contributed by atoms with Crippen LogP contribution in [0.1, 0.15) is 22.4 Å². The van der Waals surface area contributed by atoms with Crippen molar-refractivity contribution in [2.75, 3.05) is 13.6 Å². The van der Waals surface area contributed by atoms with Gasteiger partial charge in [-0.1, -0.05) is 18.2 Å². The number of hydrogen-bond acceptors (Lipinski definition) is 5. The highest BCUT2D eigenvalue weighted by Gasteiger charge is 2.13. The van der Waals surface area contributed by atoms with E-state index in [1.54, 1.807) is 6.07 Å². The summed E-state index contributed by atoms with van der Waals surface area (Å²) in [5.74, 6) is -0.0295. The average Bonchev–Trinajstić information content (AvgIpc) is 2.72. The lowest BCUT2D eigenvalue weighted by Crippen LogP contribution is -2.26. The van der Waals surface area contributed by atoms with E-state index in [1.165, 1.54) is 39.7 Å². The van der Waals surface area contributed by atoms with E-state index < -0.39 is 5.82 Å². The number of likely N-dealkylation sites (N-methyl/N-ethyl adjacent to an activating group) is 1. The third-order valence-corrected chi connectivity index (χ3v) is 5.11. The second kappa shape index (κ2) is 8.53. The first-order valence-electron chi connectivity index (χ1n) is 9.66. The van der Waals surface area contributed by atoms with Crippen molar-refractivity contribution < 1.29 is 9.13 Å². The zero-order chi connectivity index (χ0) is 20.2. The van der Waals surface area contributed by atoms with Crippen LogP contribution in [0.4, 0.5) is 4.39 Å². The van der Waals surface area contributed by atoms with E-state index in [4.69, 9.17) is 4.74 Å². The summed E-state index contributed by atoms with van der Waals surface area (Å²) in [5.41, 5.74) is 4.35. The SMILES string of the molecule is CN1CCc2ccc(CCn3ncc(OCc4ccc(F)cn4)cc3=O)cc2C1. The van der Waals surface area contributed by atoms with Crippen LogP contribution >= 0.6 is 0 Å². The highest BCUT2D eigenvalue weighted by molar-refractivity contribution is 5.33. The number of rotatable bonds is 6. The van der Waals surface area contributed by atoms with Crippen LogP contribution in [-0.4, -0.2) is 33.3 Å². The van der Waals surface area contributed by atoms with Gasteiger partial charge in [0.25, 0.3) is 5.56 Å². The highest BCUT2D eigenvalue weighted by Crippen LogP contribution is 2.20. The molecule has 0 unspecified atom stereocenters. The molecule has 0 amide bonds. The monoisotopic (exact) mass is 394 g/mol. The lowest BCUT2D eigenvalue weighted by atomic mass is 9.97. The molecule has 150 valence electrons. The van der Waals surface area contributed by atoms with E-state index in [0.29, 0.717) is 18.0 Å². The molecule has 0 bridgehead atoms. The second-order valence-electron chi connectivity index (χ2n) is 7.35. The minimum Gasteiger partial charge on any atom is -0.485 e. The molecule has 1 aliphatic rings. The molecule has 7 heteroatoms. The van der Waals surface area contributed by atoms with Gasteiger partial charge in [0.15, 0.2) is 0 Å². The Morgan fingerprint density at radius 1 is 1.14 bits per heavy atom. The molecule has 0 fully saturated rings. The minimum atomic E-state index is -0.399. The number of benzene rings is 1. The lowest BCUT2D eigenvalue weighted by Gasteiger charge is -2.25. The molecular weight excluding hydrogens is 371 g/mol. The number of aryl methyl sites for hydroxylation is 2. The lowest BCUT2D eigenvalue weighted by molar-refractivity contribution is 0.297. The first-order chi connectivity index (χ1) is 14.1. The normalized spacial score (nSPS) is 13.9. The van der Waals surface area contributed by atoms with Gasteiger partial charge >= 0.3 is 0 Å². The van der Waals surface area contributed by atoms with E-state index in [1.807, 2.05) is 0 Å². The number of ether oxygens (including phenoxy) is 1. The fourth-order valence-electron chi connectivity index (χ4n) is 3.45. The molecule has 0 N–H and O–H groups in total. The minimum absolute atomic E-state index is 0.148. The number of aromatic nitrogens is 3. The van der Waals surface area contributed by atoms with Crippen LogP contribution in [0.3, 0.4) is 0 Å². The number of nitrogens with zero attached hydrogens (tertiary/aromatic N) is 4. The van der Waals surface area contributed by atoms with Gasteiger partial charge in [0, 0.05) is 25.7 Å². The molecule has 3 aromatic rings. The van der Waals surface area contributed by atoms with E-state index in [-0.39, 0.29) is 12.2 Å². The Morgan fingerprint density at radius 3 is 2.83 bits per heavy atom. The molecular formula is C22H23FN4O2. The number of pyridine rings is 1. The zero-order valence-electron chi connectivity index (χ0n) is 16.3. The van der Waals surface area contributed by atoms with Crippen molar-refractivity contribution in [1.29, 1.82) is 0 Å². The van der Waals surface area contributed by atoms with Gasteiger partial charge in [-0.15, -0.1) is 0 Å². The van der Waals surface area contributed by atoms with Crippen molar-refractivity contribution in [2.45, 2.75) is 32.5 Å². The van der Waals surface area contributed by atoms with Gasteiger partial charge in [0.05, 0.1) is 18.1 Å². The predicted molar refractivity (Wildman–Crippen MR) is 107 cm³/mol. The fourth-order valence-corrected chi connectivity index (χ4v) is 3.45. The van der Waals surface area contributed by atoms with Crippen molar-refractivity contribution >= 4 is 0 Å². The smallest absolute Gasteiger partial charge is 0.270 e. The largest absolute Gasteiger partial charge is 0.485 e. The zero-order valence-corrected chi connectivity index (χ0v) is 16.3. The van der Waals surface area contributed by atoms with Crippen LogP contribution in [0.5, 0.6) is 5.75 Å². The topological polar surface area (TPSA) is 60.3 Å². The summed E-state index contributed by atoms with van der Waals surface area (Å²) < 4.78 is 19.9. The average molecular weight is 394 g/mol. The van der Waals surface area contributed by atoms with Gasteiger partial charge in [0.1, 0.15) is 18.2 Å². The van der Waals surface area contributed by atoms with E-state index in [9.17, 15) is 9.18 Å². The Hall–Kier alpha value is -3.06. The van der Waals surface area contributed by atoms with Crippen molar-refractivity contribution in [1.82, 2.24) is 19.7 Å². The maximum absolute atomic E-state index is 12.9. The maximum atomic E-state index is 12.9. The van der Waals surface area contributed by atoms with Gasteiger partial charge in [-0.3, -0.25) is 9.78 Å². The van der Waals surface area contributed by atoms with Crippen molar-refractivity contribution in [3.05, 3.63) is 87.3 Å². The Labute approximate surface area is 168 Å². The first kappa shape index (κ1) is 19.3. The van der Waals surface area contributed by atoms with Crippen LogP contribution in [0.2, 0.25) is 0 Å². The van der Waals surface area contributed by atoms with Crippen LogP contribution in [0.15, 0.2) is 53.6 Å². The number of halogens is 1. The van der Waals surface area contributed by atoms with Gasteiger partial charge in [0.2, 0.25) is 0 Å². The van der Waals surface area contributed by atoms with E-state index in [2.05, 4.69) is 40.2 Å². The van der Waals surface area contributed by atoms with Gasteiger partial charge in [-0.2, -0.15) is 5.10 Å². The third-order valence-electron chi connectivity index (χ3n) is 5.11. The van der Waals surface area contributed by atoms with Crippen molar-refractivity contribution in [3.63, 3.8) is 0 Å². The Morgan fingerprint density at radius 2 is 2.03 bits per heavy atom. The summed E-state index contributed by atoms with van der Waals surface area (Å²) in [4.78, 5) is 18.6. The van der Waals surface area contributed by atoms with Crippen LogP contribution in [-0.2, 0) is 32.5 Å². The summed E-state index contributed by atoms with van der Waals surface area (Å²) in [6.45, 7) is 2.72. The summed E-state index contributed by atoms with van der Waals surface area (Å²) in [5, 5.41) is 4.21. The summed E-state index contributed by atoms with van der Waals surface area (Å²) in [7, 11) is 2.13. The molecule has 0 radical (unpaired) electrons. The summed E-state index contributed by atoms with van der Waals surface area (Å²) in [6, 6.07) is 10.9. The van der Waals surface area contributed by atoms with Crippen LogP contribution in [0.25, 0.3) is 0 Å². The van der Waals surface area contributed by atoms with Crippen LogP contribution < -0.4 is 10.3 Å². The molecule has 4 rings (SSSR count). The Balaban J connectivity index is 1.36. The summed E-state index contributed by atoms with van der Waals surface area (Å²) >= 11 is 0.